The van der Waals surface area contributed by atoms with Crippen LogP contribution in [0.2, 0.25) is 10.0 Å². The van der Waals surface area contributed by atoms with E-state index in [0.717, 1.165) is 25.9 Å². The fourth-order valence-corrected chi connectivity index (χ4v) is 2.76. The zero-order chi connectivity index (χ0) is 12.4. The molecule has 1 fully saturated rings. The molecular weight excluding hydrogens is 259 g/mol. The molecule has 1 aliphatic rings. The number of halogens is 2. The lowest BCUT2D eigenvalue weighted by Crippen LogP contribution is -2.33. The summed E-state index contributed by atoms with van der Waals surface area (Å²) in [6.45, 7) is 1.91. The van der Waals surface area contributed by atoms with Crippen molar-refractivity contribution in [2.75, 3.05) is 13.1 Å². The number of nitrogens with one attached hydrogen (secondary N) is 1. The van der Waals surface area contributed by atoms with Crippen LogP contribution in [0.25, 0.3) is 0 Å². The van der Waals surface area contributed by atoms with Gasteiger partial charge in [-0.05, 0) is 44.0 Å². The smallest absolute Gasteiger partial charge is 0.121 e. The molecular formula is C12H16Cl2N2O. The van der Waals surface area contributed by atoms with Crippen molar-refractivity contribution >= 4 is 23.2 Å². The maximum atomic E-state index is 9.88. The van der Waals surface area contributed by atoms with Gasteiger partial charge in [0.05, 0.1) is 10.0 Å². The molecule has 4 N–H and O–H groups in total. The van der Waals surface area contributed by atoms with Crippen LogP contribution in [0.4, 0.5) is 0 Å². The Hall–Kier alpha value is -0.480. The molecule has 0 spiro atoms. The lowest BCUT2D eigenvalue weighted by atomic mass is 9.86. The second-order valence-corrected chi connectivity index (χ2v) is 5.19. The zero-order valence-corrected chi connectivity index (χ0v) is 10.9. The van der Waals surface area contributed by atoms with Crippen LogP contribution >= 0.6 is 23.2 Å². The number of phenols is 1. The highest BCUT2D eigenvalue weighted by Crippen LogP contribution is 2.40. The lowest BCUT2D eigenvalue weighted by molar-refractivity contribution is 0.316. The Labute approximate surface area is 111 Å². The van der Waals surface area contributed by atoms with Crippen molar-refractivity contribution in [2.24, 2.45) is 11.7 Å². The Bertz CT molecular complexity index is 406. The maximum Gasteiger partial charge on any atom is 0.121 e. The van der Waals surface area contributed by atoms with Gasteiger partial charge in [0.2, 0.25) is 0 Å². The first-order valence-electron chi connectivity index (χ1n) is 5.74. The van der Waals surface area contributed by atoms with Crippen LogP contribution < -0.4 is 11.1 Å². The van der Waals surface area contributed by atoms with Crippen molar-refractivity contribution in [1.29, 1.82) is 0 Å². The van der Waals surface area contributed by atoms with Crippen LogP contribution in [0, 0.1) is 5.92 Å². The van der Waals surface area contributed by atoms with Crippen molar-refractivity contribution in [2.45, 2.75) is 18.9 Å². The number of aromatic hydroxyl groups is 1. The predicted molar refractivity (Wildman–Crippen MR) is 70.6 cm³/mol. The van der Waals surface area contributed by atoms with Gasteiger partial charge in [0, 0.05) is 11.6 Å². The quantitative estimate of drug-likeness (QED) is 0.777. The molecule has 0 bridgehead atoms. The van der Waals surface area contributed by atoms with Crippen molar-refractivity contribution < 1.29 is 5.11 Å². The van der Waals surface area contributed by atoms with Crippen LogP contribution in [0.1, 0.15) is 24.4 Å². The van der Waals surface area contributed by atoms with Gasteiger partial charge in [-0.3, -0.25) is 0 Å². The standard InChI is InChI=1S/C12H16Cl2N2O/c13-8-1-2-9(17)10(11(8)14)12(15)7-3-5-16-6-4-7/h1-2,7,12,16-17H,3-6,15H2. The van der Waals surface area contributed by atoms with Gasteiger partial charge in [-0.15, -0.1) is 0 Å². The van der Waals surface area contributed by atoms with Gasteiger partial charge < -0.3 is 16.2 Å². The van der Waals surface area contributed by atoms with Gasteiger partial charge in [0.25, 0.3) is 0 Å². The van der Waals surface area contributed by atoms with E-state index >= 15 is 0 Å². The molecule has 1 unspecified atom stereocenters. The summed E-state index contributed by atoms with van der Waals surface area (Å²) in [5, 5.41) is 14.0. The predicted octanol–water partition coefficient (Wildman–Crippen LogP) is 2.70. The van der Waals surface area contributed by atoms with E-state index in [1.807, 2.05) is 0 Å². The van der Waals surface area contributed by atoms with E-state index in [9.17, 15) is 5.11 Å². The molecule has 0 aliphatic carbocycles. The number of phenolic OH excluding ortho intramolecular Hbond substituents is 1. The minimum atomic E-state index is -0.261. The second kappa shape index (κ2) is 5.44. The van der Waals surface area contributed by atoms with Gasteiger partial charge in [-0.2, -0.15) is 0 Å². The number of piperidine rings is 1. The summed E-state index contributed by atoms with van der Waals surface area (Å²) in [6, 6.07) is 2.87. The zero-order valence-electron chi connectivity index (χ0n) is 9.42. The fourth-order valence-electron chi connectivity index (χ4n) is 2.31. The molecule has 0 aromatic heterocycles. The Morgan fingerprint density at radius 3 is 2.59 bits per heavy atom. The Balaban J connectivity index is 2.29. The highest BCUT2D eigenvalue weighted by Gasteiger charge is 2.26. The first-order chi connectivity index (χ1) is 8.11. The molecule has 1 heterocycles. The second-order valence-electron chi connectivity index (χ2n) is 4.41. The van der Waals surface area contributed by atoms with Gasteiger partial charge in [0.15, 0.2) is 0 Å². The number of hydrogen-bond donors (Lipinski definition) is 3. The highest BCUT2D eigenvalue weighted by molar-refractivity contribution is 6.42. The Morgan fingerprint density at radius 1 is 1.29 bits per heavy atom. The molecule has 1 aromatic carbocycles. The molecule has 1 saturated heterocycles. The van der Waals surface area contributed by atoms with Gasteiger partial charge in [-0.25, -0.2) is 0 Å². The van der Waals surface area contributed by atoms with Crippen LogP contribution in [-0.4, -0.2) is 18.2 Å². The van der Waals surface area contributed by atoms with E-state index in [1.54, 1.807) is 12.1 Å². The van der Waals surface area contributed by atoms with E-state index < -0.39 is 0 Å². The minimum absolute atomic E-state index is 0.130. The average Bonchev–Trinajstić information content (AvgIpc) is 2.35. The summed E-state index contributed by atoms with van der Waals surface area (Å²) in [4.78, 5) is 0. The molecule has 5 heteroatoms. The first kappa shape index (κ1) is 13.0. The molecule has 17 heavy (non-hydrogen) atoms. The average molecular weight is 275 g/mol. The molecule has 0 radical (unpaired) electrons. The Morgan fingerprint density at radius 2 is 1.94 bits per heavy atom. The highest BCUT2D eigenvalue weighted by atomic mass is 35.5. The molecule has 0 amide bonds. The molecule has 2 rings (SSSR count). The summed E-state index contributed by atoms with van der Waals surface area (Å²) < 4.78 is 0. The van der Waals surface area contributed by atoms with Gasteiger partial charge in [0.1, 0.15) is 5.75 Å². The largest absolute Gasteiger partial charge is 0.508 e. The van der Waals surface area contributed by atoms with Crippen molar-refractivity contribution in [1.82, 2.24) is 5.32 Å². The first-order valence-corrected chi connectivity index (χ1v) is 6.50. The monoisotopic (exact) mass is 274 g/mol. The van der Waals surface area contributed by atoms with E-state index in [4.69, 9.17) is 28.9 Å². The third-order valence-corrected chi connectivity index (χ3v) is 4.15. The molecule has 94 valence electrons. The maximum absolute atomic E-state index is 9.88. The molecule has 1 aliphatic heterocycles. The normalized spacial score (nSPS) is 19.2. The SMILES string of the molecule is NC(c1c(O)ccc(Cl)c1Cl)C1CCNCC1. The third-order valence-electron chi connectivity index (χ3n) is 3.33. The van der Waals surface area contributed by atoms with E-state index in [-0.39, 0.29) is 11.8 Å². The molecule has 1 aromatic rings. The van der Waals surface area contributed by atoms with Crippen molar-refractivity contribution in [3.05, 3.63) is 27.7 Å². The number of hydrogen-bond acceptors (Lipinski definition) is 3. The minimum Gasteiger partial charge on any atom is -0.508 e. The van der Waals surface area contributed by atoms with Gasteiger partial charge >= 0.3 is 0 Å². The van der Waals surface area contributed by atoms with Crippen LogP contribution in [-0.2, 0) is 0 Å². The van der Waals surface area contributed by atoms with Crippen LogP contribution in [0.5, 0.6) is 5.75 Å². The van der Waals surface area contributed by atoms with Crippen LogP contribution in [0.15, 0.2) is 12.1 Å². The van der Waals surface area contributed by atoms with Crippen molar-refractivity contribution in [3.63, 3.8) is 0 Å². The molecule has 1 atom stereocenters. The van der Waals surface area contributed by atoms with Crippen molar-refractivity contribution in [3.8, 4) is 5.75 Å². The third kappa shape index (κ3) is 2.68. The Kier molecular flexibility index (Phi) is 4.15. The van der Waals surface area contributed by atoms with E-state index in [0.29, 0.717) is 21.5 Å². The number of nitrogens with two attached hydrogens (primary N) is 1. The summed E-state index contributed by atoms with van der Waals surface area (Å²) in [7, 11) is 0. The summed E-state index contributed by atoms with van der Waals surface area (Å²) in [5.41, 5.74) is 6.78. The fraction of sp³-hybridized carbons (Fsp3) is 0.500. The molecule has 0 saturated carbocycles. The van der Waals surface area contributed by atoms with E-state index in [1.165, 1.54) is 0 Å². The van der Waals surface area contributed by atoms with E-state index in [2.05, 4.69) is 5.32 Å². The summed E-state index contributed by atoms with van der Waals surface area (Å²) >= 11 is 12.1. The van der Waals surface area contributed by atoms with Crippen LogP contribution in [0.3, 0.4) is 0 Å². The summed E-state index contributed by atoms with van der Waals surface area (Å²) in [5.74, 6) is 0.462. The molecule has 3 nitrogen and oxygen atoms in total. The number of benzene rings is 1. The number of rotatable bonds is 2. The topological polar surface area (TPSA) is 58.3 Å². The lowest BCUT2D eigenvalue weighted by Gasteiger charge is -2.29. The summed E-state index contributed by atoms with van der Waals surface area (Å²) in [6.07, 6.45) is 1.98. The van der Waals surface area contributed by atoms with Gasteiger partial charge in [-0.1, -0.05) is 23.2 Å².